The largest absolute Gasteiger partial charge is 0.480 e. The van der Waals surface area contributed by atoms with Gasteiger partial charge in [-0.1, -0.05) is 6.42 Å². The summed E-state index contributed by atoms with van der Waals surface area (Å²) in [6.07, 6.45) is 3.71. The summed E-state index contributed by atoms with van der Waals surface area (Å²) in [4.78, 5) is 48.4. The molecule has 1 amide bonds. The molecule has 0 spiro atoms. The smallest absolute Gasteiger partial charge is 0.327 e. The normalized spacial score (nSPS) is 17.5. The number of rotatable bonds is 7. The van der Waals surface area contributed by atoms with Gasteiger partial charge in [-0.3, -0.25) is 19.4 Å². The van der Waals surface area contributed by atoms with Crippen LogP contribution < -0.4 is 5.84 Å². The average Bonchev–Trinajstić information content (AvgIpc) is 2.56. The summed E-state index contributed by atoms with van der Waals surface area (Å²) in [7, 11) is 0. The Morgan fingerprint density at radius 3 is 2.19 bits per heavy atom. The van der Waals surface area contributed by atoms with Crippen molar-refractivity contribution in [2.45, 2.75) is 84.0 Å². The molecule has 1 fully saturated rings. The minimum absolute atomic E-state index is 0.229. The number of carboxylic acid groups (broad SMARTS) is 1. The molecule has 1 rings (SSSR count). The van der Waals surface area contributed by atoms with Crippen molar-refractivity contribution in [3.8, 4) is 0 Å². The second-order valence-electron chi connectivity index (χ2n) is 7.80. The molecular formula is C18H30N2O7. The summed E-state index contributed by atoms with van der Waals surface area (Å²) in [6.45, 7) is 6.05. The highest BCUT2D eigenvalue weighted by Gasteiger charge is 2.38. The highest BCUT2D eigenvalue weighted by molar-refractivity contribution is 6.01. The molecule has 0 unspecified atom stereocenters. The number of nitrogens with zero attached hydrogens (tertiary/aromatic N) is 1. The number of hydrogen-bond acceptors (Lipinski definition) is 7. The van der Waals surface area contributed by atoms with Crippen LogP contribution in [0.5, 0.6) is 0 Å². The lowest BCUT2D eigenvalue weighted by molar-refractivity contribution is -0.172. The van der Waals surface area contributed by atoms with Crippen molar-refractivity contribution in [1.29, 1.82) is 0 Å². The number of aliphatic carboxylic acids is 1. The highest BCUT2D eigenvalue weighted by atomic mass is 16.6. The average molecular weight is 386 g/mol. The van der Waals surface area contributed by atoms with E-state index in [0.29, 0.717) is 5.01 Å². The quantitative estimate of drug-likeness (QED) is 0.220. The first-order valence-electron chi connectivity index (χ1n) is 9.15. The highest BCUT2D eigenvalue weighted by Crippen LogP contribution is 2.22. The molecule has 0 aromatic heterocycles. The maximum atomic E-state index is 12.6. The Balaban J connectivity index is 2.89. The van der Waals surface area contributed by atoms with Crippen molar-refractivity contribution in [3.05, 3.63) is 0 Å². The molecule has 154 valence electrons. The lowest BCUT2D eigenvalue weighted by Gasteiger charge is -2.28. The molecule has 1 aliphatic carbocycles. The number of carbonyl (C=O) groups excluding carboxylic acids is 3. The van der Waals surface area contributed by atoms with Crippen molar-refractivity contribution < 1.29 is 33.8 Å². The van der Waals surface area contributed by atoms with E-state index in [1.165, 1.54) is 6.92 Å². The van der Waals surface area contributed by atoms with Crippen molar-refractivity contribution in [3.63, 3.8) is 0 Å². The van der Waals surface area contributed by atoms with Crippen LogP contribution in [0.3, 0.4) is 0 Å². The Morgan fingerprint density at radius 1 is 1.15 bits per heavy atom. The SMILES string of the molecule is C[C@@H](C(=O)O)N(N)C(=O)[C@H](CC(=O)OC1CCCCC1)C(=O)OC(C)(C)C. The lowest BCUT2D eigenvalue weighted by Crippen LogP contribution is -2.52. The van der Waals surface area contributed by atoms with Gasteiger partial charge < -0.3 is 14.6 Å². The number of nitrogens with two attached hydrogens (primary N) is 1. The fourth-order valence-corrected chi connectivity index (χ4v) is 2.72. The van der Waals surface area contributed by atoms with Crippen LogP contribution in [-0.4, -0.2) is 51.7 Å². The summed E-state index contributed by atoms with van der Waals surface area (Å²) in [5.74, 6) is 0.0200. The molecule has 3 N–H and O–H groups in total. The minimum Gasteiger partial charge on any atom is -0.480 e. The van der Waals surface area contributed by atoms with Gasteiger partial charge in [-0.05, 0) is 53.4 Å². The topological polar surface area (TPSA) is 136 Å². The Bertz CT molecular complexity index is 565. The number of esters is 2. The standard InChI is InChI=1S/C18H30N2O7/c1-11(16(23)24)20(19)15(22)13(17(25)27-18(2,3)4)10-14(21)26-12-8-6-5-7-9-12/h11-13H,5-10,19H2,1-4H3,(H,23,24)/t11-,13-/m0/s1. The van der Waals surface area contributed by atoms with Crippen molar-refractivity contribution in [2.75, 3.05) is 0 Å². The number of amides is 1. The van der Waals surface area contributed by atoms with E-state index in [-0.39, 0.29) is 6.10 Å². The Morgan fingerprint density at radius 2 is 1.70 bits per heavy atom. The van der Waals surface area contributed by atoms with E-state index in [2.05, 4.69) is 0 Å². The summed E-state index contributed by atoms with van der Waals surface area (Å²) < 4.78 is 10.6. The van der Waals surface area contributed by atoms with Crippen molar-refractivity contribution >= 4 is 23.8 Å². The fraction of sp³-hybridized carbons (Fsp3) is 0.778. The molecule has 0 radical (unpaired) electrons. The van der Waals surface area contributed by atoms with E-state index in [1.54, 1.807) is 20.8 Å². The van der Waals surface area contributed by atoms with Crippen LogP contribution >= 0.6 is 0 Å². The van der Waals surface area contributed by atoms with Crippen molar-refractivity contribution in [2.24, 2.45) is 11.8 Å². The minimum atomic E-state index is -1.56. The van der Waals surface area contributed by atoms with Gasteiger partial charge in [0.05, 0.1) is 6.42 Å². The van der Waals surface area contributed by atoms with Crippen LogP contribution in [0.1, 0.15) is 66.2 Å². The van der Waals surface area contributed by atoms with Gasteiger partial charge in [0, 0.05) is 0 Å². The Kier molecular flexibility index (Phi) is 8.20. The second-order valence-corrected chi connectivity index (χ2v) is 7.80. The maximum absolute atomic E-state index is 12.6. The number of hydrogen-bond donors (Lipinski definition) is 2. The van der Waals surface area contributed by atoms with E-state index in [1.807, 2.05) is 0 Å². The van der Waals surface area contributed by atoms with Gasteiger partial charge in [-0.15, -0.1) is 0 Å². The Hall–Kier alpha value is -2.16. The zero-order chi connectivity index (χ0) is 20.8. The zero-order valence-electron chi connectivity index (χ0n) is 16.4. The number of ether oxygens (including phenoxy) is 2. The van der Waals surface area contributed by atoms with Gasteiger partial charge in [-0.2, -0.15) is 0 Å². The van der Waals surface area contributed by atoms with E-state index in [0.717, 1.165) is 32.1 Å². The predicted molar refractivity (Wildman–Crippen MR) is 95.0 cm³/mol. The molecule has 0 aromatic carbocycles. The molecule has 27 heavy (non-hydrogen) atoms. The number of carboxylic acids is 1. The molecule has 0 heterocycles. The van der Waals surface area contributed by atoms with Gasteiger partial charge in [-0.25, -0.2) is 10.6 Å². The van der Waals surface area contributed by atoms with E-state index in [9.17, 15) is 19.2 Å². The molecule has 9 nitrogen and oxygen atoms in total. The van der Waals surface area contributed by atoms with Crippen LogP contribution in [0.2, 0.25) is 0 Å². The number of carbonyl (C=O) groups is 4. The summed E-state index contributed by atoms with van der Waals surface area (Å²) in [6, 6.07) is -1.36. The number of hydrazine groups is 1. The third-order valence-corrected chi connectivity index (χ3v) is 4.24. The third kappa shape index (κ3) is 7.54. The monoisotopic (exact) mass is 386 g/mol. The van der Waals surface area contributed by atoms with Gasteiger partial charge in [0.1, 0.15) is 23.7 Å². The molecule has 0 aromatic rings. The van der Waals surface area contributed by atoms with E-state index in [4.69, 9.17) is 20.4 Å². The van der Waals surface area contributed by atoms with Crippen LogP contribution in [-0.2, 0) is 28.7 Å². The molecular weight excluding hydrogens is 356 g/mol. The van der Waals surface area contributed by atoms with Gasteiger partial charge in [0.2, 0.25) is 0 Å². The molecule has 0 bridgehead atoms. The molecule has 2 atom stereocenters. The van der Waals surface area contributed by atoms with E-state index < -0.39 is 47.8 Å². The summed E-state index contributed by atoms with van der Waals surface area (Å²) >= 11 is 0. The van der Waals surface area contributed by atoms with Crippen LogP contribution in [0.25, 0.3) is 0 Å². The second kappa shape index (κ2) is 9.68. The zero-order valence-corrected chi connectivity index (χ0v) is 16.4. The summed E-state index contributed by atoms with van der Waals surface area (Å²) in [5.41, 5.74) is -0.888. The van der Waals surface area contributed by atoms with Crippen LogP contribution in [0.15, 0.2) is 0 Å². The maximum Gasteiger partial charge on any atom is 0.327 e. The van der Waals surface area contributed by atoms with E-state index >= 15 is 0 Å². The predicted octanol–water partition coefficient (Wildman–Crippen LogP) is 1.39. The van der Waals surface area contributed by atoms with Gasteiger partial charge in [0.25, 0.3) is 5.91 Å². The van der Waals surface area contributed by atoms with Gasteiger partial charge in [0.15, 0.2) is 0 Å². The van der Waals surface area contributed by atoms with Crippen LogP contribution in [0, 0.1) is 5.92 Å². The Labute approximate surface area is 159 Å². The molecule has 0 saturated heterocycles. The first kappa shape index (κ1) is 22.9. The first-order chi connectivity index (χ1) is 12.4. The third-order valence-electron chi connectivity index (χ3n) is 4.24. The fourth-order valence-electron chi connectivity index (χ4n) is 2.72. The van der Waals surface area contributed by atoms with Crippen LogP contribution in [0.4, 0.5) is 0 Å². The molecule has 1 saturated carbocycles. The lowest BCUT2D eigenvalue weighted by atomic mass is 9.97. The van der Waals surface area contributed by atoms with Crippen molar-refractivity contribution in [1.82, 2.24) is 5.01 Å². The summed E-state index contributed by atoms with van der Waals surface area (Å²) in [5, 5.41) is 9.46. The molecule has 0 aliphatic heterocycles. The first-order valence-corrected chi connectivity index (χ1v) is 9.15. The van der Waals surface area contributed by atoms with Gasteiger partial charge >= 0.3 is 17.9 Å². The molecule has 1 aliphatic rings. The molecule has 9 heteroatoms.